The molecule has 0 aromatic heterocycles. The van der Waals surface area contributed by atoms with Gasteiger partial charge in [-0.3, -0.25) is 4.79 Å². The standard InChI is InChI=1S/C17H19NO4/c18-14-3-1-13(2-4-14)15(19)5-6-16(20)7-9-17(10-8-16)21-11-12-22-17/h1-4,20H,7-12,18H2. The predicted octanol–water partition coefficient (Wildman–Crippen LogP) is 1.50. The highest BCUT2D eigenvalue weighted by atomic mass is 16.7. The summed E-state index contributed by atoms with van der Waals surface area (Å²) in [6.45, 7) is 1.19. The molecule has 5 nitrogen and oxygen atoms in total. The van der Waals surface area contributed by atoms with Crippen molar-refractivity contribution in [3.05, 3.63) is 29.8 Å². The van der Waals surface area contributed by atoms with Crippen LogP contribution in [0.4, 0.5) is 5.69 Å². The van der Waals surface area contributed by atoms with Gasteiger partial charge >= 0.3 is 0 Å². The third kappa shape index (κ3) is 3.14. The summed E-state index contributed by atoms with van der Waals surface area (Å²) in [7, 11) is 0. The number of anilines is 1. The summed E-state index contributed by atoms with van der Waals surface area (Å²) in [5.41, 5.74) is 5.50. The average molecular weight is 301 g/mol. The Morgan fingerprint density at radius 3 is 2.27 bits per heavy atom. The van der Waals surface area contributed by atoms with Crippen LogP contribution in [0.3, 0.4) is 0 Å². The highest BCUT2D eigenvalue weighted by Gasteiger charge is 2.44. The van der Waals surface area contributed by atoms with Crippen LogP contribution in [0.5, 0.6) is 0 Å². The molecule has 0 radical (unpaired) electrons. The summed E-state index contributed by atoms with van der Waals surface area (Å²) in [5, 5.41) is 10.5. The molecule has 0 amide bonds. The van der Waals surface area contributed by atoms with Gasteiger partial charge in [0.25, 0.3) is 0 Å². The van der Waals surface area contributed by atoms with E-state index < -0.39 is 11.4 Å². The lowest BCUT2D eigenvalue weighted by Gasteiger charge is -2.37. The second-order valence-corrected chi connectivity index (χ2v) is 5.84. The molecule has 1 heterocycles. The number of carbonyl (C=O) groups is 1. The van der Waals surface area contributed by atoms with Crippen molar-refractivity contribution in [2.45, 2.75) is 37.1 Å². The number of nitrogens with two attached hydrogens (primary N) is 1. The Hall–Kier alpha value is -1.87. The molecule has 5 heteroatoms. The van der Waals surface area contributed by atoms with Crippen LogP contribution >= 0.6 is 0 Å². The fraction of sp³-hybridized carbons (Fsp3) is 0.471. The third-order valence-corrected chi connectivity index (χ3v) is 4.23. The van der Waals surface area contributed by atoms with Gasteiger partial charge in [-0.05, 0) is 43.0 Å². The molecule has 0 bridgehead atoms. The van der Waals surface area contributed by atoms with Crippen molar-refractivity contribution in [1.82, 2.24) is 0 Å². The lowest BCUT2D eigenvalue weighted by atomic mass is 9.81. The largest absolute Gasteiger partial charge is 0.399 e. The second-order valence-electron chi connectivity index (χ2n) is 5.84. The summed E-state index contributed by atoms with van der Waals surface area (Å²) >= 11 is 0. The van der Waals surface area contributed by atoms with Gasteiger partial charge < -0.3 is 20.3 Å². The van der Waals surface area contributed by atoms with E-state index >= 15 is 0 Å². The minimum Gasteiger partial charge on any atom is -0.399 e. The van der Waals surface area contributed by atoms with Gasteiger partial charge in [-0.25, -0.2) is 0 Å². The molecule has 1 spiro atoms. The van der Waals surface area contributed by atoms with Gasteiger partial charge in [0, 0.05) is 24.1 Å². The van der Waals surface area contributed by atoms with Crippen LogP contribution in [-0.2, 0) is 9.47 Å². The van der Waals surface area contributed by atoms with Crippen LogP contribution in [0, 0.1) is 11.8 Å². The SMILES string of the molecule is Nc1ccc(C(=O)C#CC2(O)CCC3(CC2)OCCO3)cc1. The van der Waals surface area contributed by atoms with Crippen molar-refractivity contribution >= 4 is 11.5 Å². The Labute approximate surface area is 129 Å². The molecular weight excluding hydrogens is 282 g/mol. The molecule has 0 atom stereocenters. The van der Waals surface area contributed by atoms with Crippen molar-refractivity contribution in [3.8, 4) is 11.8 Å². The van der Waals surface area contributed by atoms with Crippen LogP contribution in [-0.4, -0.2) is 35.5 Å². The number of aliphatic hydroxyl groups is 1. The van der Waals surface area contributed by atoms with Gasteiger partial charge in [0.1, 0.15) is 5.60 Å². The molecular formula is C17H19NO4. The van der Waals surface area contributed by atoms with Gasteiger partial charge in [0.05, 0.1) is 13.2 Å². The van der Waals surface area contributed by atoms with E-state index in [0.29, 0.717) is 50.1 Å². The van der Waals surface area contributed by atoms with Crippen molar-refractivity contribution in [3.63, 3.8) is 0 Å². The summed E-state index contributed by atoms with van der Waals surface area (Å²) in [6, 6.07) is 6.57. The number of hydrogen-bond acceptors (Lipinski definition) is 5. The topological polar surface area (TPSA) is 81.8 Å². The summed E-state index contributed by atoms with van der Waals surface area (Å²) in [6.07, 6.45) is 2.06. The minimum atomic E-state index is -1.15. The zero-order chi connectivity index (χ0) is 15.6. The lowest BCUT2D eigenvalue weighted by molar-refractivity contribution is -0.195. The number of ketones is 1. The molecule has 2 fully saturated rings. The Kier molecular flexibility index (Phi) is 3.92. The number of ether oxygens (including phenoxy) is 2. The van der Waals surface area contributed by atoms with E-state index in [4.69, 9.17) is 15.2 Å². The van der Waals surface area contributed by atoms with Crippen LogP contribution in [0.2, 0.25) is 0 Å². The van der Waals surface area contributed by atoms with Crippen molar-refractivity contribution in [2.75, 3.05) is 18.9 Å². The minimum absolute atomic E-state index is 0.318. The molecule has 3 N–H and O–H groups in total. The predicted molar refractivity (Wildman–Crippen MR) is 81.0 cm³/mol. The first kappa shape index (κ1) is 15.0. The van der Waals surface area contributed by atoms with Gasteiger partial charge in [0.15, 0.2) is 5.79 Å². The fourth-order valence-corrected chi connectivity index (χ4v) is 2.83. The first-order valence-electron chi connectivity index (χ1n) is 7.44. The number of Topliss-reactive ketones (excluding diaryl/α,β-unsaturated/α-hetero) is 1. The quantitative estimate of drug-likeness (QED) is 0.355. The van der Waals surface area contributed by atoms with E-state index in [1.54, 1.807) is 24.3 Å². The fourth-order valence-electron chi connectivity index (χ4n) is 2.83. The van der Waals surface area contributed by atoms with E-state index in [9.17, 15) is 9.90 Å². The van der Waals surface area contributed by atoms with Crippen LogP contribution in [0.1, 0.15) is 36.0 Å². The van der Waals surface area contributed by atoms with Crippen molar-refractivity contribution in [2.24, 2.45) is 0 Å². The van der Waals surface area contributed by atoms with Gasteiger partial charge in [-0.1, -0.05) is 5.92 Å². The third-order valence-electron chi connectivity index (χ3n) is 4.23. The molecule has 1 saturated carbocycles. The molecule has 1 saturated heterocycles. The lowest BCUT2D eigenvalue weighted by Crippen LogP contribution is -2.42. The van der Waals surface area contributed by atoms with E-state index in [2.05, 4.69) is 11.8 Å². The molecule has 1 aromatic rings. The molecule has 1 aliphatic heterocycles. The van der Waals surface area contributed by atoms with Gasteiger partial charge in [0.2, 0.25) is 5.78 Å². The highest BCUT2D eigenvalue weighted by Crippen LogP contribution is 2.39. The molecule has 1 aromatic carbocycles. The number of rotatable bonds is 1. The van der Waals surface area contributed by atoms with E-state index in [0.717, 1.165) is 0 Å². The van der Waals surface area contributed by atoms with E-state index in [1.807, 2.05) is 0 Å². The first-order valence-corrected chi connectivity index (χ1v) is 7.44. The smallest absolute Gasteiger partial charge is 0.235 e. The molecule has 22 heavy (non-hydrogen) atoms. The molecule has 1 aliphatic carbocycles. The number of carbonyl (C=O) groups excluding carboxylic acids is 1. The molecule has 3 rings (SSSR count). The van der Waals surface area contributed by atoms with Crippen LogP contribution in [0.25, 0.3) is 0 Å². The number of hydrogen-bond donors (Lipinski definition) is 2. The maximum absolute atomic E-state index is 12.0. The number of benzene rings is 1. The van der Waals surface area contributed by atoms with Crippen molar-refractivity contribution in [1.29, 1.82) is 0 Å². The number of nitrogen functional groups attached to an aromatic ring is 1. The van der Waals surface area contributed by atoms with Gasteiger partial charge in [-0.15, -0.1) is 0 Å². The highest BCUT2D eigenvalue weighted by molar-refractivity contribution is 6.09. The van der Waals surface area contributed by atoms with E-state index in [-0.39, 0.29) is 5.78 Å². The maximum atomic E-state index is 12.0. The molecule has 116 valence electrons. The Bertz CT molecular complexity index is 610. The van der Waals surface area contributed by atoms with Crippen LogP contribution in [0.15, 0.2) is 24.3 Å². The summed E-state index contributed by atoms with van der Waals surface area (Å²) in [5.74, 6) is 4.41. The van der Waals surface area contributed by atoms with Crippen LogP contribution < -0.4 is 5.73 Å². The monoisotopic (exact) mass is 301 g/mol. The van der Waals surface area contributed by atoms with Crippen molar-refractivity contribution < 1.29 is 19.4 Å². The maximum Gasteiger partial charge on any atom is 0.235 e. The Morgan fingerprint density at radius 2 is 1.68 bits per heavy atom. The summed E-state index contributed by atoms with van der Waals surface area (Å²) in [4.78, 5) is 12.0. The zero-order valence-electron chi connectivity index (χ0n) is 12.3. The normalized spacial score (nSPS) is 22.0. The summed E-state index contributed by atoms with van der Waals surface area (Å²) < 4.78 is 11.2. The Balaban J connectivity index is 1.66. The second kappa shape index (κ2) is 5.73. The zero-order valence-corrected chi connectivity index (χ0v) is 12.3. The molecule has 0 unspecified atom stereocenters. The average Bonchev–Trinajstić information content (AvgIpc) is 2.98. The van der Waals surface area contributed by atoms with Gasteiger partial charge in [-0.2, -0.15) is 0 Å². The van der Waals surface area contributed by atoms with E-state index in [1.165, 1.54) is 0 Å². The first-order chi connectivity index (χ1) is 10.5. The Morgan fingerprint density at radius 1 is 1.09 bits per heavy atom. The molecule has 2 aliphatic rings.